The lowest BCUT2D eigenvalue weighted by Crippen LogP contribution is -2.21. The lowest BCUT2D eigenvalue weighted by Gasteiger charge is -2.09. The first kappa shape index (κ1) is 9.27. The van der Waals surface area contributed by atoms with Gasteiger partial charge in [-0.05, 0) is 24.3 Å². The Morgan fingerprint density at radius 2 is 1.85 bits per heavy atom. The third-order valence-corrected chi connectivity index (χ3v) is 1.67. The maximum atomic E-state index is 11.4. The van der Waals surface area contributed by atoms with E-state index in [4.69, 9.17) is 5.26 Å². The van der Waals surface area contributed by atoms with Gasteiger partial charge < -0.3 is 4.90 Å². The molecule has 0 saturated heterocycles. The number of hydrogen-bond donors (Lipinski definition) is 0. The standard InChI is InChI=1S/C10H10N2O/c1-12(2)10(13)9-5-3-8(7-11)4-6-9/h3-6H,1-2H3. The van der Waals surface area contributed by atoms with Crippen LogP contribution < -0.4 is 0 Å². The van der Waals surface area contributed by atoms with Gasteiger partial charge in [0.25, 0.3) is 5.91 Å². The number of nitriles is 1. The molecule has 0 aliphatic carbocycles. The highest BCUT2D eigenvalue weighted by Gasteiger charge is 2.06. The van der Waals surface area contributed by atoms with E-state index in [0.29, 0.717) is 11.1 Å². The van der Waals surface area contributed by atoms with Crippen LogP contribution in [0.3, 0.4) is 0 Å². The molecule has 0 radical (unpaired) electrons. The summed E-state index contributed by atoms with van der Waals surface area (Å²) in [6.45, 7) is 0. The van der Waals surface area contributed by atoms with Crippen molar-refractivity contribution in [2.45, 2.75) is 0 Å². The zero-order chi connectivity index (χ0) is 9.84. The molecule has 0 fully saturated rings. The Morgan fingerprint density at radius 1 is 1.31 bits per heavy atom. The minimum absolute atomic E-state index is 0.0514. The Morgan fingerprint density at radius 3 is 2.23 bits per heavy atom. The predicted octanol–water partition coefficient (Wildman–Crippen LogP) is 1.26. The van der Waals surface area contributed by atoms with Gasteiger partial charge in [-0.1, -0.05) is 0 Å². The molecule has 66 valence electrons. The second kappa shape index (κ2) is 3.72. The molecule has 3 nitrogen and oxygen atoms in total. The van der Waals surface area contributed by atoms with Crippen LogP contribution in [-0.2, 0) is 0 Å². The van der Waals surface area contributed by atoms with Crippen molar-refractivity contribution in [3.05, 3.63) is 35.4 Å². The summed E-state index contributed by atoms with van der Waals surface area (Å²) in [5.74, 6) is -0.0514. The normalized spacial score (nSPS) is 9.00. The predicted molar refractivity (Wildman–Crippen MR) is 49.2 cm³/mol. The number of rotatable bonds is 1. The van der Waals surface area contributed by atoms with Crippen molar-refractivity contribution < 1.29 is 4.79 Å². The first-order valence-electron chi connectivity index (χ1n) is 3.87. The summed E-state index contributed by atoms with van der Waals surface area (Å²) in [5.41, 5.74) is 1.17. The summed E-state index contributed by atoms with van der Waals surface area (Å²) in [7, 11) is 3.39. The van der Waals surface area contributed by atoms with Crippen LogP contribution in [0.1, 0.15) is 15.9 Å². The van der Waals surface area contributed by atoms with Crippen LogP contribution in [0.4, 0.5) is 0 Å². The second-order valence-electron chi connectivity index (χ2n) is 2.89. The van der Waals surface area contributed by atoms with Gasteiger partial charge in [-0.15, -0.1) is 0 Å². The summed E-state index contributed by atoms with van der Waals surface area (Å²) < 4.78 is 0. The Kier molecular flexibility index (Phi) is 2.65. The van der Waals surface area contributed by atoms with E-state index in [1.807, 2.05) is 6.07 Å². The van der Waals surface area contributed by atoms with Crippen molar-refractivity contribution in [2.75, 3.05) is 14.1 Å². The van der Waals surface area contributed by atoms with Crippen LogP contribution in [-0.4, -0.2) is 24.9 Å². The Balaban J connectivity index is 2.94. The molecule has 3 heteroatoms. The Labute approximate surface area is 77.2 Å². The zero-order valence-electron chi connectivity index (χ0n) is 7.61. The van der Waals surface area contributed by atoms with Crippen molar-refractivity contribution >= 4 is 5.91 Å². The quantitative estimate of drug-likeness (QED) is 0.643. The van der Waals surface area contributed by atoms with E-state index in [1.165, 1.54) is 4.90 Å². The number of benzene rings is 1. The molecule has 0 aliphatic heterocycles. The Hall–Kier alpha value is -1.82. The largest absolute Gasteiger partial charge is 0.345 e. The number of amides is 1. The van der Waals surface area contributed by atoms with Crippen molar-refractivity contribution in [3.63, 3.8) is 0 Å². The molecular weight excluding hydrogens is 164 g/mol. The van der Waals surface area contributed by atoms with E-state index in [2.05, 4.69) is 0 Å². The van der Waals surface area contributed by atoms with E-state index in [1.54, 1.807) is 38.4 Å². The molecule has 0 aromatic heterocycles. The van der Waals surface area contributed by atoms with E-state index in [-0.39, 0.29) is 5.91 Å². The molecule has 0 N–H and O–H groups in total. The highest BCUT2D eigenvalue weighted by molar-refractivity contribution is 5.93. The third kappa shape index (κ3) is 2.06. The van der Waals surface area contributed by atoms with Gasteiger partial charge in [-0.25, -0.2) is 0 Å². The molecular formula is C10H10N2O. The molecule has 13 heavy (non-hydrogen) atoms. The summed E-state index contributed by atoms with van der Waals surface area (Å²) >= 11 is 0. The van der Waals surface area contributed by atoms with Crippen LogP contribution in [0.25, 0.3) is 0 Å². The molecule has 0 bridgehead atoms. The molecule has 0 unspecified atom stereocenters. The topological polar surface area (TPSA) is 44.1 Å². The van der Waals surface area contributed by atoms with Crippen LogP contribution >= 0.6 is 0 Å². The maximum Gasteiger partial charge on any atom is 0.253 e. The highest BCUT2D eigenvalue weighted by Crippen LogP contribution is 2.04. The van der Waals surface area contributed by atoms with E-state index in [9.17, 15) is 4.79 Å². The number of carbonyl (C=O) groups excluding carboxylic acids is 1. The molecule has 1 rings (SSSR count). The van der Waals surface area contributed by atoms with E-state index >= 15 is 0 Å². The van der Waals surface area contributed by atoms with Crippen LogP contribution in [0, 0.1) is 11.3 Å². The summed E-state index contributed by atoms with van der Waals surface area (Å²) in [6.07, 6.45) is 0. The smallest absolute Gasteiger partial charge is 0.253 e. The average molecular weight is 174 g/mol. The molecule has 0 heterocycles. The van der Waals surface area contributed by atoms with E-state index < -0.39 is 0 Å². The van der Waals surface area contributed by atoms with Crippen molar-refractivity contribution in [1.82, 2.24) is 4.90 Å². The van der Waals surface area contributed by atoms with Gasteiger partial charge in [0, 0.05) is 19.7 Å². The van der Waals surface area contributed by atoms with Crippen molar-refractivity contribution in [2.24, 2.45) is 0 Å². The minimum atomic E-state index is -0.0514. The van der Waals surface area contributed by atoms with Crippen LogP contribution in [0.15, 0.2) is 24.3 Å². The van der Waals surface area contributed by atoms with Crippen molar-refractivity contribution in [3.8, 4) is 6.07 Å². The lowest BCUT2D eigenvalue weighted by atomic mass is 10.1. The SMILES string of the molecule is CN(C)C(=O)c1ccc(C#N)cc1. The minimum Gasteiger partial charge on any atom is -0.345 e. The zero-order valence-corrected chi connectivity index (χ0v) is 7.61. The van der Waals surface area contributed by atoms with Gasteiger partial charge in [-0.3, -0.25) is 4.79 Å². The third-order valence-electron chi connectivity index (χ3n) is 1.67. The number of nitrogens with zero attached hydrogens (tertiary/aromatic N) is 2. The average Bonchev–Trinajstić information content (AvgIpc) is 2.17. The molecule has 1 aromatic rings. The Bertz CT molecular complexity index is 346. The van der Waals surface area contributed by atoms with E-state index in [0.717, 1.165) is 0 Å². The molecule has 0 spiro atoms. The first-order chi connectivity index (χ1) is 6.15. The van der Waals surface area contributed by atoms with Crippen LogP contribution in [0.5, 0.6) is 0 Å². The first-order valence-corrected chi connectivity index (χ1v) is 3.87. The molecule has 0 saturated carbocycles. The molecule has 1 amide bonds. The number of carbonyl (C=O) groups is 1. The van der Waals surface area contributed by atoms with Gasteiger partial charge in [0.05, 0.1) is 11.6 Å². The van der Waals surface area contributed by atoms with Gasteiger partial charge in [-0.2, -0.15) is 5.26 Å². The van der Waals surface area contributed by atoms with Gasteiger partial charge >= 0.3 is 0 Å². The molecule has 0 atom stereocenters. The summed E-state index contributed by atoms with van der Waals surface area (Å²) in [6, 6.07) is 8.58. The molecule has 1 aromatic carbocycles. The monoisotopic (exact) mass is 174 g/mol. The second-order valence-corrected chi connectivity index (χ2v) is 2.89. The molecule has 0 aliphatic rings. The van der Waals surface area contributed by atoms with Gasteiger partial charge in [0.15, 0.2) is 0 Å². The lowest BCUT2D eigenvalue weighted by molar-refractivity contribution is 0.0827. The summed E-state index contributed by atoms with van der Waals surface area (Å²) in [4.78, 5) is 12.9. The summed E-state index contributed by atoms with van der Waals surface area (Å²) in [5, 5.41) is 8.53. The number of hydrogen-bond acceptors (Lipinski definition) is 2. The van der Waals surface area contributed by atoms with Gasteiger partial charge in [0.1, 0.15) is 0 Å². The maximum absolute atomic E-state index is 11.4. The highest BCUT2D eigenvalue weighted by atomic mass is 16.2. The fourth-order valence-electron chi connectivity index (χ4n) is 0.946. The fourth-order valence-corrected chi connectivity index (χ4v) is 0.946. The van der Waals surface area contributed by atoms with Crippen molar-refractivity contribution in [1.29, 1.82) is 5.26 Å². The van der Waals surface area contributed by atoms with Gasteiger partial charge in [0.2, 0.25) is 0 Å². The van der Waals surface area contributed by atoms with Crippen LogP contribution in [0.2, 0.25) is 0 Å². The fraction of sp³-hybridized carbons (Fsp3) is 0.200.